The van der Waals surface area contributed by atoms with Crippen molar-refractivity contribution in [2.75, 3.05) is 93.8 Å². The monoisotopic (exact) mass is 535 g/mol. The molecule has 2 amide bonds. The van der Waals surface area contributed by atoms with Gasteiger partial charge in [0.1, 0.15) is 12.4 Å². The Balaban J connectivity index is 1.32. The Kier molecular flexibility index (Phi) is 11.5. The van der Waals surface area contributed by atoms with Gasteiger partial charge in [0.15, 0.2) is 0 Å². The summed E-state index contributed by atoms with van der Waals surface area (Å²) in [5.74, 6) is 1.03. The fourth-order valence-electron chi connectivity index (χ4n) is 4.80. The fraction of sp³-hybridized carbons (Fsp3) is 0.704. The van der Waals surface area contributed by atoms with E-state index in [0.717, 1.165) is 51.4 Å². The summed E-state index contributed by atoms with van der Waals surface area (Å²) in [7, 11) is 7.67. The quantitative estimate of drug-likeness (QED) is 0.297. The molecule has 0 radical (unpaired) electrons. The smallest absolute Gasteiger partial charge is 0.248 e. The summed E-state index contributed by atoms with van der Waals surface area (Å²) in [6.07, 6.45) is 1.38. The van der Waals surface area contributed by atoms with Crippen molar-refractivity contribution in [1.29, 1.82) is 0 Å². The molecule has 1 aromatic rings. The van der Waals surface area contributed by atoms with E-state index in [2.05, 4.69) is 35.0 Å². The van der Waals surface area contributed by atoms with Gasteiger partial charge in [-0.15, -0.1) is 0 Å². The Hall–Kier alpha value is -1.85. The molecule has 1 aromatic carbocycles. The van der Waals surface area contributed by atoms with Crippen LogP contribution in [0.3, 0.4) is 0 Å². The lowest BCUT2D eigenvalue weighted by atomic mass is 10.1. The number of likely N-dealkylation sites (tertiary alicyclic amines) is 1. The zero-order valence-electron chi connectivity index (χ0n) is 23.5. The lowest BCUT2D eigenvalue weighted by Gasteiger charge is -2.32. The van der Waals surface area contributed by atoms with Crippen molar-refractivity contribution in [3.8, 4) is 5.75 Å². The number of rotatable bonds is 12. The zero-order valence-corrected chi connectivity index (χ0v) is 24.3. The van der Waals surface area contributed by atoms with Gasteiger partial charge in [-0.05, 0) is 69.6 Å². The average Bonchev–Trinajstić information content (AvgIpc) is 3.38. The maximum atomic E-state index is 12.7. The highest BCUT2D eigenvalue weighted by Crippen LogP contribution is 2.31. The Morgan fingerprint density at radius 3 is 2.41 bits per heavy atom. The zero-order chi connectivity index (χ0) is 26.9. The minimum atomic E-state index is -0.0334. The van der Waals surface area contributed by atoms with Crippen LogP contribution in [0.2, 0.25) is 0 Å². The molecular formula is C27H45N5O4S. The number of benzene rings is 1. The van der Waals surface area contributed by atoms with Crippen LogP contribution in [0.25, 0.3) is 0 Å². The highest BCUT2D eigenvalue weighted by molar-refractivity contribution is 7.97. The van der Waals surface area contributed by atoms with Crippen molar-refractivity contribution in [3.63, 3.8) is 0 Å². The van der Waals surface area contributed by atoms with E-state index in [-0.39, 0.29) is 24.5 Å². The molecule has 2 heterocycles. The Morgan fingerprint density at radius 1 is 1.08 bits per heavy atom. The van der Waals surface area contributed by atoms with Crippen LogP contribution >= 0.6 is 11.9 Å². The molecule has 0 N–H and O–H groups in total. The van der Waals surface area contributed by atoms with Crippen LogP contribution in [0.5, 0.6) is 5.75 Å². The van der Waals surface area contributed by atoms with Gasteiger partial charge in [-0.25, -0.2) is 4.31 Å². The fourth-order valence-corrected chi connectivity index (χ4v) is 5.68. The van der Waals surface area contributed by atoms with Crippen LogP contribution < -0.4 is 4.74 Å². The third kappa shape index (κ3) is 8.85. The van der Waals surface area contributed by atoms with Crippen molar-refractivity contribution in [2.24, 2.45) is 0 Å². The van der Waals surface area contributed by atoms with Crippen molar-refractivity contribution in [3.05, 3.63) is 23.3 Å². The summed E-state index contributed by atoms with van der Waals surface area (Å²) < 4.78 is 13.2. The molecule has 3 rings (SSSR count). The average molecular weight is 536 g/mol. The number of likely N-dealkylation sites (N-methyl/N-ethyl adjacent to an activating group) is 3. The maximum Gasteiger partial charge on any atom is 0.248 e. The lowest BCUT2D eigenvalue weighted by molar-refractivity contribution is -0.137. The summed E-state index contributed by atoms with van der Waals surface area (Å²) in [5, 5.41) is 0. The second kappa shape index (κ2) is 14.3. The predicted octanol–water partition coefficient (Wildman–Crippen LogP) is 1.96. The number of hydrogen-bond donors (Lipinski definition) is 0. The molecule has 9 nitrogen and oxygen atoms in total. The first-order valence-electron chi connectivity index (χ1n) is 13.2. The Labute approximate surface area is 227 Å². The summed E-state index contributed by atoms with van der Waals surface area (Å²) >= 11 is 1.68. The molecule has 37 heavy (non-hydrogen) atoms. The first kappa shape index (κ1) is 29.7. The van der Waals surface area contributed by atoms with E-state index < -0.39 is 0 Å². The molecular weight excluding hydrogens is 490 g/mol. The van der Waals surface area contributed by atoms with Gasteiger partial charge in [0.2, 0.25) is 11.8 Å². The molecule has 0 spiro atoms. The molecule has 2 saturated heterocycles. The van der Waals surface area contributed by atoms with E-state index in [1.165, 1.54) is 16.0 Å². The van der Waals surface area contributed by atoms with E-state index in [9.17, 15) is 9.59 Å². The minimum Gasteiger partial charge on any atom is -0.497 e. The molecule has 2 fully saturated rings. The topological polar surface area (TPSA) is 68.8 Å². The van der Waals surface area contributed by atoms with Crippen LogP contribution in [-0.2, 0) is 14.3 Å². The SMILES string of the molecule is COc1cc(C)c(SN(C)CCOCC(=O)N(C)[C@@H]2CCN(C(=O)CCN3CCN(C)CC3)C2)c(C)c1. The number of amides is 2. The first-order chi connectivity index (χ1) is 17.7. The van der Waals surface area contributed by atoms with Crippen molar-refractivity contribution in [1.82, 2.24) is 23.9 Å². The van der Waals surface area contributed by atoms with E-state index in [1.807, 2.05) is 31.1 Å². The van der Waals surface area contributed by atoms with Gasteiger partial charge in [0.05, 0.1) is 19.8 Å². The van der Waals surface area contributed by atoms with E-state index in [0.29, 0.717) is 26.1 Å². The first-order valence-corrected chi connectivity index (χ1v) is 14.0. The molecule has 2 aliphatic rings. The normalized spacial score (nSPS) is 19.0. The number of ether oxygens (including phenoxy) is 2. The molecule has 1 atom stereocenters. The molecule has 0 saturated carbocycles. The van der Waals surface area contributed by atoms with Gasteiger partial charge >= 0.3 is 0 Å². The summed E-state index contributed by atoms with van der Waals surface area (Å²) in [5.41, 5.74) is 2.35. The van der Waals surface area contributed by atoms with Crippen LogP contribution in [0.15, 0.2) is 17.0 Å². The van der Waals surface area contributed by atoms with Crippen molar-refractivity contribution >= 4 is 23.8 Å². The van der Waals surface area contributed by atoms with Crippen LogP contribution in [0.4, 0.5) is 0 Å². The Bertz CT molecular complexity index is 886. The third-order valence-corrected chi connectivity index (χ3v) is 8.71. The Morgan fingerprint density at radius 2 is 1.76 bits per heavy atom. The molecule has 10 heteroatoms. The van der Waals surface area contributed by atoms with Gasteiger partial charge < -0.3 is 29.1 Å². The predicted molar refractivity (Wildman–Crippen MR) is 148 cm³/mol. The number of carbonyl (C=O) groups is 2. The molecule has 0 aromatic heterocycles. The maximum absolute atomic E-state index is 12.7. The number of hydrogen-bond acceptors (Lipinski definition) is 8. The largest absolute Gasteiger partial charge is 0.497 e. The number of nitrogens with zero attached hydrogens (tertiary/aromatic N) is 5. The molecule has 2 aliphatic heterocycles. The highest BCUT2D eigenvalue weighted by atomic mass is 32.2. The highest BCUT2D eigenvalue weighted by Gasteiger charge is 2.31. The van der Waals surface area contributed by atoms with Gasteiger partial charge in [0, 0.05) is 70.7 Å². The standard InChI is InChI=1S/C27H45N5O4S/c1-21-17-24(35-6)18-22(2)27(21)37-29(4)15-16-36-20-26(34)30(5)23-7-10-32(19-23)25(33)8-9-31-13-11-28(3)12-14-31/h17-18,23H,7-16,19-20H2,1-6H3/t23-/m1/s1. The van der Waals surface area contributed by atoms with Crippen molar-refractivity contribution in [2.45, 2.75) is 37.6 Å². The molecule has 208 valence electrons. The summed E-state index contributed by atoms with van der Waals surface area (Å²) in [6, 6.07) is 4.14. The van der Waals surface area contributed by atoms with Gasteiger partial charge in [-0.1, -0.05) is 0 Å². The van der Waals surface area contributed by atoms with Crippen molar-refractivity contribution < 1.29 is 19.1 Å². The summed E-state index contributed by atoms with van der Waals surface area (Å²) in [6.45, 7) is 11.7. The molecule has 0 unspecified atom stereocenters. The van der Waals surface area contributed by atoms with Crippen LogP contribution in [-0.4, -0.2) is 136 Å². The second-order valence-corrected chi connectivity index (χ2v) is 11.5. The molecule has 0 aliphatic carbocycles. The number of methoxy groups -OCH3 is 1. The number of aryl methyl sites for hydroxylation is 2. The number of piperazine rings is 1. The number of carbonyl (C=O) groups excluding carboxylic acids is 2. The lowest BCUT2D eigenvalue weighted by Crippen LogP contribution is -2.46. The summed E-state index contributed by atoms with van der Waals surface area (Å²) in [4.78, 5) is 35.0. The van der Waals surface area contributed by atoms with Crippen LogP contribution in [0.1, 0.15) is 24.0 Å². The second-order valence-electron chi connectivity index (χ2n) is 10.3. The third-order valence-electron chi connectivity index (χ3n) is 7.39. The van der Waals surface area contributed by atoms with E-state index in [1.54, 1.807) is 24.0 Å². The van der Waals surface area contributed by atoms with E-state index >= 15 is 0 Å². The van der Waals surface area contributed by atoms with Gasteiger partial charge in [0.25, 0.3) is 0 Å². The molecule has 0 bridgehead atoms. The van der Waals surface area contributed by atoms with Crippen LogP contribution in [0, 0.1) is 13.8 Å². The van der Waals surface area contributed by atoms with Gasteiger partial charge in [-0.2, -0.15) is 0 Å². The van der Waals surface area contributed by atoms with Gasteiger partial charge in [-0.3, -0.25) is 9.59 Å². The minimum absolute atomic E-state index is 0.0334. The van der Waals surface area contributed by atoms with E-state index in [4.69, 9.17) is 9.47 Å².